The molecule has 2 aliphatic heterocycles. The summed E-state index contributed by atoms with van der Waals surface area (Å²) in [6.07, 6.45) is 2.14. The Balaban J connectivity index is 1.41. The number of piperidine rings is 1. The van der Waals surface area contributed by atoms with Crippen LogP contribution in [0, 0.1) is 6.92 Å². The second-order valence-corrected chi connectivity index (χ2v) is 9.12. The molecule has 2 saturated heterocycles. The van der Waals surface area contributed by atoms with Crippen molar-refractivity contribution in [3.63, 3.8) is 0 Å². The summed E-state index contributed by atoms with van der Waals surface area (Å²) in [5.74, 6) is 1.27. The third kappa shape index (κ3) is 3.81. The minimum Gasteiger partial charge on any atom is -0.342 e. The molecule has 4 nitrogen and oxygen atoms in total. The number of nitrogens with zero attached hydrogens (tertiary/aromatic N) is 2. The molecule has 2 aliphatic rings. The van der Waals surface area contributed by atoms with Gasteiger partial charge in [-0.2, -0.15) is 0 Å². The monoisotopic (exact) mass is 394 g/mol. The fourth-order valence-corrected chi connectivity index (χ4v) is 5.60. The Hall–Kier alpha value is -2.27. The molecule has 0 atom stereocenters. The maximum Gasteiger partial charge on any atom is 0.254 e. The van der Waals surface area contributed by atoms with Crippen LogP contribution in [0.4, 0.5) is 0 Å². The first kappa shape index (κ1) is 19.1. The summed E-state index contributed by atoms with van der Waals surface area (Å²) >= 11 is 1.88. The van der Waals surface area contributed by atoms with E-state index in [-0.39, 0.29) is 16.7 Å². The van der Waals surface area contributed by atoms with Crippen LogP contribution in [0.1, 0.15) is 34.3 Å². The zero-order chi connectivity index (χ0) is 19.6. The highest BCUT2D eigenvalue weighted by molar-refractivity contribution is 8.00. The molecular formula is C23H26N2O2S. The van der Waals surface area contributed by atoms with E-state index < -0.39 is 0 Å². The predicted octanol–water partition coefficient (Wildman–Crippen LogP) is 3.75. The zero-order valence-electron chi connectivity index (χ0n) is 16.3. The van der Waals surface area contributed by atoms with E-state index in [4.69, 9.17) is 0 Å². The van der Waals surface area contributed by atoms with Gasteiger partial charge in [-0.15, -0.1) is 11.8 Å². The zero-order valence-corrected chi connectivity index (χ0v) is 17.1. The van der Waals surface area contributed by atoms with E-state index in [0.29, 0.717) is 6.42 Å². The van der Waals surface area contributed by atoms with E-state index in [9.17, 15) is 9.59 Å². The van der Waals surface area contributed by atoms with Crippen LogP contribution in [-0.2, 0) is 11.2 Å². The van der Waals surface area contributed by atoms with Crippen molar-refractivity contribution in [3.05, 3.63) is 71.3 Å². The average molecular weight is 395 g/mol. The Kier molecular flexibility index (Phi) is 5.44. The summed E-state index contributed by atoms with van der Waals surface area (Å²) in [4.78, 5) is 29.7. The fraction of sp³-hybridized carbons (Fsp3) is 0.391. The highest BCUT2D eigenvalue weighted by Crippen LogP contribution is 2.44. The Morgan fingerprint density at radius 1 is 0.964 bits per heavy atom. The summed E-state index contributed by atoms with van der Waals surface area (Å²) in [5.41, 5.74) is 2.97. The van der Waals surface area contributed by atoms with Crippen LogP contribution in [0.3, 0.4) is 0 Å². The number of carbonyl (C=O) groups is 2. The Morgan fingerprint density at radius 3 is 2.32 bits per heavy atom. The fourth-order valence-electron chi connectivity index (χ4n) is 4.15. The molecular weight excluding hydrogens is 368 g/mol. The third-order valence-corrected chi connectivity index (χ3v) is 7.37. The summed E-state index contributed by atoms with van der Waals surface area (Å²) < 4.78 is 0. The SMILES string of the molecule is Cc1ccc(C(=O)N2CCSC23CCN(C(=O)Cc2ccccc2)CC3)cc1. The van der Waals surface area contributed by atoms with Crippen molar-refractivity contribution in [3.8, 4) is 0 Å². The number of benzene rings is 2. The van der Waals surface area contributed by atoms with Crippen molar-refractivity contribution < 1.29 is 9.59 Å². The molecule has 28 heavy (non-hydrogen) atoms. The lowest BCUT2D eigenvalue weighted by Crippen LogP contribution is -2.53. The molecule has 1 spiro atoms. The number of hydrogen-bond acceptors (Lipinski definition) is 3. The van der Waals surface area contributed by atoms with Crippen LogP contribution in [0.5, 0.6) is 0 Å². The van der Waals surface area contributed by atoms with Crippen molar-refractivity contribution in [2.24, 2.45) is 0 Å². The molecule has 2 aromatic carbocycles. The van der Waals surface area contributed by atoms with Gasteiger partial charge in [-0.1, -0.05) is 48.0 Å². The van der Waals surface area contributed by atoms with E-state index in [1.54, 1.807) is 0 Å². The summed E-state index contributed by atoms with van der Waals surface area (Å²) in [7, 11) is 0. The first-order valence-corrected chi connectivity index (χ1v) is 10.9. The van der Waals surface area contributed by atoms with Crippen LogP contribution in [-0.4, -0.2) is 51.9 Å². The van der Waals surface area contributed by atoms with Crippen LogP contribution < -0.4 is 0 Å². The third-order valence-electron chi connectivity index (χ3n) is 5.82. The van der Waals surface area contributed by atoms with Gasteiger partial charge in [-0.05, 0) is 37.5 Å². The van der Waals surface area contributed by atoms with Crippen molar-refractivity contribution in [2.45, 2.75) is 31.1 Å². The summed E-state index contributed by atoms with van der Waals surface area (Å²) in [6, 6.07) is 17.7. The smallest absolute Gasteiger partial charge is 0.254 e. The first-order valence-electron chi connectivity index (χ1n) is 9.92. The molecule has 0 aromatic heterocycles. The molecule has 2 heterocycles. The Labute approximate surface area is 170 Å². The van der Waals surface area contributed by atoms with Crippen LogP contribution in [0.2, 0.25) is 0 Å². The number of rotatable bonds is 3. The van der Waals surface area contributed by atoms with E-state index >= 15 is 0 Å². The number of thioether (sulfide) groups is 1. The average Bonchev–Trinajstić information content (AvgIpc) is 3.12. The maximum atomic E-state index is 13.1. The van der Waals surface area contributed by atoms with Gasteiger partial charge >= 0.3 is 0 Å². The number of likely N-dealkylation sites (tertiary alicyclic amines) is 1. The lowest BCUT2D eigenvalue weighted by Gasteiger charge is -2.44. The molecule has 2 amide bonds. The first-order chi connectivity index (χ1) is 13.6. The van der Waals surface area contributed by atoms with Gasteiger partial charge in [-0.3, -0.25) is 9.59 Å². The molecule has 2 aromatic rings. The maximum absolute atomic E-state index is 13.1. The highest BCUT2D eigenvalue weighted by atomic mass is 32.2. The van der Waals surface area contributed by atoms with Gasteiger partial charge in [0.25, 0.3) is 5.91 Å². The predicted molar refractivity (Wildman–Crippen MR) is 113 cm³/mol. The second kappa shape index (κ2) is 8.00. The number of amides is 2. The quantitative estimate of drug-likeness (QED) is 0.796. The lowest BCUT2D eigenvalue weighted by atomic mass is 10.00. The van der Waals surface area contributed by atoms with Gasteiger partial charge in [0.2, 0.25) is 5.91 Å². The van der Waals surface area contributed by atoms with Crippen molar-refractivity contribution in [1.82, 2.24) is 9.80 Å². The van der Waals surface area contributed by atoms with E-state index in [1.807, 2.05) is 78.2 Å². The van der Waals surface area contributed by atoms with E-state index in [2.05, 4.69) is 4.90 Å². The van der Waals surface area contributed by atoms with Gasteiger partial charge in [0.05, 0.1) is 11.3 Å². The van der Waals surface area contributed by atoms with E-state index in [1.165, 1.54) is 0 Å². The molecule has 146 valence electrons. The van der Waals surface area contributed by atoms with Crippen molar-refractivity contribution in [1.29, 1.82) is 0 Å². The molecule has 4 rings (SSSR count). The standard InChI is InChI=1S/C23H26N2O2S/c1-18-7-9-20(10-8-18)22(27)25-15-16-28-23(25)11-13-24(14-12-23)21(26)17-19-5-3-2-4-6-19/h2-10H,11-17H2,1H3. The minimum atomic E-state index is -0.161. The van der Waals surface area contributed by atoms with Crippen molar-refractivity contribution >= 4 is 23.6 Å². The minimum absolute atomic E-state index is 0.120. The Morgan fingerprint density at radius 2 is 1.64 bits per heavy atom. The molecule has 0 N–H and O–H groups in total. The molecule has 5 heteroatoms. The van der Waals surface area contributed by atoms with Gasteiger partial charge in [0.1, 0.15) is 0 Å². The number of hydrogen-bond donors (Lipinski definition) is 0. The Bertz CT molecular complexity index is 843. The van der Waals surface area contributed by atoms with Crippen LogP contribution in [0.25, 0.3) is 0 Å². The number of aryl methyl sites for hydroxylation is 1. The summed E-state index contributed by atoms with van der Waals surface area (Å²) in [6.45, 7) is 4.26. The highest BCUT2D eigenvalue weighted by Gasteiger charge is 2.46. The van der Waals surface area contributed by atoms with E-state index in [0.717, 1.165) is 54.9 Å². The van der Waals surface area contributed by atoms with Gasteiger partial charge < -0.3 is 9.80 Å². The lowest BCUT2D eigenvalue weighted by molar-refractivity contribution is -0.132. The van der Waals surface area contributed by atoms with Gasteiger partial charge in [0.15, 0.2) is 0 Å². The summed E-state index contributed by atoms with van der Waals surface area (Å²) in [5, 5.41) is 0. The molecule has 0 saturated carbocycles. The molecule has 0 aliphatic carbocycles. The topological polar surface area (TPSA) is 40.6 Å². The number of carbonyl (C=O) groups excluding carboxylic acids is 2. The normalized spacial score (nSPS) is 18.5. The van der Waals surface area contributed by atoms with Gasteiger partial charge in [-0.25, -0.2) is 0 Å². The molecule has 0 bridgehead atoms. The largest absolute Gasteiger partial charge is 0.342 e. The van der Waals surface area contributed by atoms with Crippen LogP contribution >= 0.6 is 11.8 Å². The second-order valence-electron chi connectivity index (χ2n) is 7.66. The molecule has 0 unspecified atom stereocenters. The van der Waals surface area contributed by atoms with Gasteiger partial charge in [0, 0.05) is 31.0 Å². The van der Waals surface area contributed by atoms with Crippen molar-refractivity contribution in [2.75, 3.05) is 25.4 Å². The molecule has 2 fully saturated rings. The molecule has 0 radical (unpaired) electrons. The van der Waals surface area contributed by atoms with Crippen LogP contribution in [0.15, 0.2) is 54.6 Å².